The Hall–Kier alpha value is -2.08. The lowest BCUT2D eigenvalue weighted by Gasteiger charge is -2.07. The number of carbonyl (C=O) groups is 1. The van der Waals surface area contributed by atoms with Crippen LogP contribution in [0.2, 0.25) is 0 Å². The summed E-state index contributed by atoms with van der Waals surface area (Å²) in [5.74, 6) is 0.334. The van der Waals surface area contributed by atoms with Crippen LogP contribution in [0.5, 0.6) is 5.75 Å². The first kappa shape index (κ1) is 12.4. The van der Waals surface area contributed by atoms with Gasteiger partial charge in [0.05, 0.1) is 13.0 Å². The Labute approximate surface area is 108 Å². The van der Waals surface area contributed by atoms with Gasteiger partial charge in [-0.15, -0.1) is 11.6 Å². The molecule has 0 unspecified atom stereocenters. The predicted octanol–water partition coefficient (Wildman–Crippen LogP) is 1.32. The number of alkyl halides is 1. The van der Waals surface area contributed by atoms with Crippen molar-refractivity contribution < 1.29 is 9.53 Å². The number of halogens is 1. The summed E-state index contributed by atoms with van der Waals surface area (Å²) in [6.45, 7) is 0. The van der Waals surface area contributed by atoms with Gasteiger partial charge in [0, 0.05) is 11.1 Å². The first-order valence-electron chi connectivity index (χ1n) is 5.11. The smallest absolute Gasteiger partial charge is 0.271 e. The van der Waals surface area contributed by atoms with Crippen LogP contribution in [0, 0.1) is 0 Å². The third-order valence-corrected chi connectivity index (χ3v) is 2.77. The van der Waals surface area contributed by atoms with Crippen molar-refractivity contribution in [3.05, 3.63) is 29.5 Å². The van der Waals surface area contributed by atoms with Crippen LogP contribution in [0.3, 0.4) is 0 Å². The second kappa shape index (κ2) is 5.05. The largest absolute Gasteiger partial charge is 0.496 e. The standard InChI is InChI=1S/C11H11ClN4O2/c1-18-8-3-2-6(4-7(8)5-12)9-10(11(13)17)15-16-14-9/h2-4H,5H2,1H3,(H2,13,17)(H,14,15,16). The van der Waals surface area contributed by atoms with Crippen LogP contribution in [-0.2, 0) is 5.88 Å². The predicted molar refractivity (Wildman–Crippen MR) is 66.4 cm³/mol. The van der Waals surface area contributed by atoms with Crippen molar-refractivity contribution in [2.75, 3.05) is 7.11 Å². The van der Waals surface area contributed by atoms with Crippen LogP contribution in [0.25, 0.3) is 11.3 Å². The highest BCUT2D eigenvalue weighted by Crippen LogP contribution is 2.27. The van der Waals surface area contributed by atoms with E-state index < -0.39 is 5.91 Å². The van der Waals surface area contributed by atoms with Crippen molar-refractivity contribution in [1.29, 1.82) is 0 Å². The molecule has 1 aromatic heterocycles. The number of hydrogen-bond donors (Lipinski definition) is 2. The van der Waals surface area contributed by atoms with Gasteiger partial charge in [0.25, 0.3) is 5.91 Å². The van der Waals surface area contributed by atoms with Gasteiger partial charge in [-0.25, -0.2) is 0 Å². The van der Waals surface area contributed by atoms with E-state index in [0.717, 1.165) is 5.56 Å². The summed E-state index contributed by atoms with van der Waals surface area (Å²) in [6.07, 6.45) is 0. The third-order valence-electron chi connectivity index (χ3n) is 2.48. The molecule has 0 bridgehead atoms. The Kier molecular flexibility index (Phi) is 3.47. The highest BCUT2D eigenvalue weighted by Gasteiger charge is 2.16. The molecule has 0 saturated heterocycles. The molecule has 2 rings (SSSR count). The molecule has 0 spiro atoms. The Morgan fingerprint density at radius 3 is 2.89 bits per heavy atom. The number of benzene rings is 1. The van der Waals surface area contributed by atoms with E-state index in [1.165, 1.54) is 0 Å². The molecule has 3 N–H and O–H groups in total. The van der Waals surface area contributed by atoms with Crippen LogP contribution in [0.15, 0.2) is 18.2 Å². The number of nitrogens with zero attached hydrogens (tertiary/aromatic N) is 2. The van der Waals surface area contributed by atoms with Crippen LogP contribution in [0.4, 0.5) is 0 Å². The molecule has 0 atom stereocenters. The van der Waals surface area contributed by atoms with Crippen molar-refractivity contribution in [3.8, 4) is 17.0 Å². The molecule has 94 valence electrons. The van der Waals surface area contributed by atoms with Gasteiger partial charge < -0.3 is 10.5 Å². The number of ether oxygens (including phenoxy) is 1. The summed E-state index contributed by atoms with van der Waals surface area (Å²) < 4.78 is 5.17. The van der Waals surface area contributed by atoms with Crippen LogP contribution in [0.1, 0.15) is 16.1 Å². The molecule has 1 heterocycles. The molecular formula is C11H11ClN4O2. The van der Waals surface area contributed by atoms with Crippen molar-refractivity contribution in [1.82, 2.24) is 15.4 Å². The first-order chi connectivity index (χ1) is 8.67. The molecule has 18 heavy (non-hydrogen) atoms. The number of aromatic amines is 1. The maximum Gasteiger partial charge on any atom is 0.271 e. The van der Waals surface area contributed by atoms with Crippen LogP contribution in [-0.4, -0.2) is 28.4 Å². The van der Waals surface area contributed by atoms with Gasteiger partial charge in [0.1, 0.15) is 11.4 Å². The van der Waals surface area contributed by atoms with Crippen molar-refractivity contribution in [2.45, 2.75) is 5.88 Å². The molecule has 0 radical (unpaired) electrons. The number of amides is 1. The van der Waals surface area contributed by atoms with Crippen molar-refractivity contribution in [2.24, 2.45) is 5.73 Å². The summed E-state index contributed by atoms with van der Waals surface area (Å²) in [6, 6.07) is 5.31. The average molecular weight is 267 g/mol. The molecular weight excluding hydrogens is 256 g/mol. The number of nitrogens with two attached hydrogens (primary N) is 1. The minimum Gasteiger partial charge on any atom is -0.496 e. The number of carbonyl (C=O) groups excluding carboxylic acids is 1. The average Bonchev–Trinajstić information content (AvgIpc) is 2.87. The van der Waals surface area contributed by atoms with Gasteiger partial charge in [-0.05, 0) is 18.2 Å². The van der Waals surface area contributed by atoms with E-state index in [1.54, 1.807) is 25.3 Å². The van der Waals surface area contributed by atoms with Crippen LogP contribution >= 0.6 is 11.6 Å². The van der Waals surface area contributed by atoms with Crippen molar-refractivity contribution in [3.63, 3.8) is 0 Å². The summed E-state index contributed by atoms with van der Waals surface area (Å²) in [5.41, 5.74) is 7.21. The molecule has 0 fully saturated rings. The first-order valence-corrected chi connectivity index (χ1v) is 5.64. The zero-order valence-electron chi connectivity index (χ0n) is 9.61. The lowest BCUT2D eigenvalue weighted by Crippen LogP contribution is -2.12. The van der Waals surface area contributed by atoms with Crippen molar-refractivity contribution >= 4 is 17.5 Å². The van der Waals surface area contributed by atoms with Gasteiger partial charge >= 0.3 is 0 Å². The topological polar surface area (TPSA) is 93.9 Å². The summed E-state index contributed by atoms with van der Waals surface area (Å²) >= 11 is 5.83. The van der Waals surface area contributed by atoms with E-state index in [2.05, 4.69) is 15.4 Å². The molecule has 0 saturated carbocycles. The van der Waals surface area contributed by atoms with Gasteiger partial charge in [-0.3, -0.25) is 4.79 Å². The monoisotopic (exact) mass is 266 g/mol. The van der Waals surface area contributed by atoms with Gasteiger partial charge in [0.2, 0.25) is 0 Å². The number of methoxy groups -OCH3 is 1. The van der Waals surface area contributed by atoms with E-state index in [1.807, 2.05) is 0 Å². The minimum absolute atomic E-state index is 0.0979. The Balaban J connectivity index is 2.51. The van der Waals surface area contributed by atoms with Crippen LogP contribution < -0.4 is 10.5 Å². The summed E-state index contributed by atoms with van der Waals surface area (Å²) in [7, 11) is 1.57. The molecule has 0 aliphatic rings. The molecule has 1 amide bonds. The zero-order valence-corrected chi connectivity index (χ0v) is 10.4. The highest BCUT2D eigenvalue weighted by atomic mass is 35.5. The molecule has 2 aromatic rings. The fraction of sp³-hybridized carbons (Fsp3) is 0.182. The maximum atomic E-state index is 11.2. The zero-order chi connectivity index (χ0) is 13.1. The van der Waals surface area contributed by atoms with Gasteiger partial charge in [-0.1, -0.05) is 0 Å². The molecule has 1 aromatic carbocycles. The maximum absolute atomic E-state index is 11.2. The Bertz CT molecular complexity index is 582. The molecule has 0 aliphatic heterocycles. The Morgan fingerprint density at radius 1 is 1.50 bits per heavy atom. The fourth-order valence-electron chi connectivity index (χ4n) is 1.63. The van der Waals surface area contributed by atoms with E-state index >= 15 is 0 Å². The quantitative estimate of drug-likeness (QED) is 0.816. The van der Waals surface area contributed by atoms with E-state index in [4.69, 9.17) is 22.1 Å². The number of nitrogens with one attached hydrogen (secondary N) is 1. The number of primary amides is 1. The number of aromatic nitrogens is 3. The van der Waals surface area contributed by atoms with Gasteiger partial charge in [0.15, 0.2) is 5.69 Å². The Morgan fingerprint density at radius 2 is 2.28 bits per heavy atom. The number of H-pyrrole nitrogens is 1. The van der Waals surface area contributed by atoms with E-state index in [9.17, 15) is 4.79 Å². The highest BCUT2D eigenvalue weighted by molar-refractivity contribution is 6.17. The lowest BCUT2D eigenvalue weighted by atomic mass is 10.1. The van der Waals surface area contributed by atoms with Gasteiger partial charge in [-0.2, -0.15) is 15.4 Å². The second-order valence-corrected chi connectivity index (χ2v) is 3.81. The molecule has 6 nitrogen and oxygen atoms in total. The molecule has 0 aliphatic carbocycles. The number of hydrogen-bond acceptors (Lipinski definition) is 4. The summed E-state index contributed by atoms with van der Waals surface area (Å²) in [5, 5.41) is 10.0. The van der Waals surface area contributed by atoms with E-state index in [-0.39, 0.29) is 5.69 Å². The normalized spacial score (nSPS) is 10.3. The number of rotatable bonds is 4. The fourth-order valence-corrected chi connectivity index (χ4v) is 1.84. The molecule has 7 heteroatoms. The SMILES string of the molecule is COc1ccc(-c2n[nH]nc2C(N)=O)cc1CCl. The summed E-state index contributed by atoms with van der Waals surface area (Å²) in [4.78, 5) is 11.2. The lowest BCUT2D eigenvalue weighted by molar-refractivity contribution is 0.0996. The second-order valence-electron chi connectivity index (χ2n) is 3.55. The third kappa shape index (κ3) is 2.14. The minimum atomic E-state index is -0.637. The van der Waals surface area contributed by atoms with E-state index in [0.29, 0.717) is 22.9 Å².